The van der Waals surface area contributed by atoms with Gasteiger partial charge in [-0.25, -0.2) is 0 Å². The Morgan fingerprint density at radius 3 is 2.86 bits per heavy atom. The zero-order chi connectivity index (χ0) is 10.7. The van der Waals surface area contributed by atoms with Gasteiger partial charge in [0, 0.05) is 0 Å². The minimum Gasteiger partial charge on any atom is -0.505 e. The van der Waals surface area contributed by atoms with Crippen molar-refractivity contribution in [3.63, 3.8) is 0 Å². The molecule has 1 aromatic carbocycles. The van der Waals surface area contributed by atoms with E-state index in [1.165, 1.54) is 7.11 Å². The van der Waals surface area contributed by atoms with Crippen molar-refractivity contribution in [2.75, 3.05) is 7.11 Å². The molecular formula is C9H8BrClO3. The number of carbonyl (C=O) groups is 1. The Labute approximate surface area is 94.8 Å². The Morgan fingerprint density at radius 2 is 2.29 bits per heavy atom. The fraction of sp³-hybridized carbons (Fsp3) is 0.222. The fourth-order valence-corrected chi connectivity index (χ4v) is 1.62. The normalized spacial score (nSPS) is 9.93. The van der Waals surface area contributed by atoms with Crippen molar-refractivity contribution in [3.05, 3.63) is 27.2 Å². The third-order valence-corrected chi connectivity index (χ3v) is 2.77. The minimum atomic E-state index is -0.395. The maximum absolute atomic E-state index is 11.0. The monoisotopic (exact) mass is 278 g/mol. The first-order chi connectivity index (χ1) is 6.56. The summed E-state index contributed by atoms with van der Waals surface area (Å²) in [6.07, 6.45) is 0.0518. The van der Waals surface area contributed by atoms with Crippen molar-refractivity contribution in [1.82, 2.24) is 0 Å². The molecule has 0 heterocycles. The lowest BCUT2D eigenvalue weighted by atomic mass is 10.1. The number of phenols is 1. The molecule has 0 saturated heterocycles. The second-order valence-corrected chi connectivity index (χ2v) is 3.85. The van der Waals surface area contributed by atoms with E-state index in [1.54, 1.807) is 12.1 Å². The number of hydrogen-bond donors (Lipinski definition) is 1. The van der Waals surface area contributed by atoms with E-state index in [1.807, 2.05) is 0 Å². The fourth-order valence-electron chi connectivity index (χ4n) is 0.947. The molecule has 1 rings (SSSR count). The van der Waals surface area contributed by atoms with Crippen molar-refractivity contribution in [1.29, 1.82) is 0 Å². The van der Waals surface area contributed by atoms with Crippen LogP contribution in [-0.4, -0.2) is 18.2 Å². The van der Waals surface area contributed by atoms with Crippen molar-refractivity contribution in [2.24, 2.45) is 0 Å². The molecule has 0 bridgehead atoms. The smallest absolute Gasteiger partial charge is 0.310 e. The van der Waals surface area contributed by atoms with E-state index in [9.17, 15) is 9.90 Å². The van der Waals surface area contributed by atoms with Crippen LogP contribution in [0, 0.1) is 0 Å². The number of aromatic hydroxyl groups is 1. The first-order valence-corrected chi connectivity index (χ1v) is 4.96. The van der Waals surface area contributed by atoms with Gasteiger partial charge in [-0.05, 0) is 27.6 Å². The number of esters is 1. The molecule has 0 aliphatic carbocycles. The number of rotatable bonds is 2. The highest BCUT2D eigenvalue weighted by atomic mass is 79.9. The van der Waals surface area contributed by atoms with Gasteiger partial charge < -0.3 is 9.84 Å². The lowest BCUT2D eigenvalue weighted by Gasteiger charge is -2.05. The van der Waals surface area contributed by atoms with Gasteiger partial charge in [0.15, 0.2) is 0 Å². The summed E-state index contributed by atoms with van der Waals surface area (Å²) in [7, 11) is 1.30. The Bertz CT molecular complexity index is 365. The minimum absolute atomic E-state index is 0.0518. The lowest BCUT2D eigenvalue weighted by Crippen LogP contribution is -2.04. The summed E-state index contributed by atoms with van der Waals surface area (Å²) < 4.78 is 4.98. The molecule has 0 aliphatic heterocycles. The number of hydrogen-bond acceptors (Lipinski definition) is 3. The summed E-state index contributed by atoms with van der Waals surface area (Å²) in [5.41, 5.74) is 0.541. The molecule has 0 spiro atoms. The molecule has 1 aromatic rings. The Hall–Kier alpha value is -0.740. The Balaban J connectivity index is 3.00. The average Bonchev–Trinajstić information content (AvgIpc) is 2.19. The third-order valence-electron chi connectivity index (χ3n) is 1.71. The lowest BCUT2D eigenvalue weighted by molar-refractivity contribution is -0.139. The largest absolute Gasteiger partial charge is 0.505 e. The standard InChI is InChI=1S/C9H8BrClO3/c1-14-7(12)4-5-2-3-6(10)9(13)8(5)11/h2-3,13H,4H2,1H3. The zero-order valence-electron chi connectivity index (χ0n) is 7.38. The van der Waals surface area contributed by atoms with E-state index in [0.29, 0.717) is 10.0 Å². The summed E-state index contributed by atoms with van der Waals surface area (Å²) in [5.74, 6) is -0.457. The third kappa shape index (κ3) is 2.39. The Kier molecular flexibility index (Phi) is 3.77. The van der Waals surface area contributed by atoms with Gasteiger partial charge in [0.2, 0.25) is 0 Å². The maximum Gasteiger partial charge on any atom is 0.310 e. The number of methoxy groups -OCH3 is 1. The van der Waals surface area contributed by atoms with E-state index in [-0.39, 0.29) is 17.2 Å². The van der Waals surface area contributed by atoms with Crippen molar-refractivity contribution in [2.45, 2.75) is 6.42 Å². The van der Waals surface area contributed by atoms with Crippen molar-refractivity contribution < 1.29 is 14.6 Å². The van der Waals surface area contributed by atoms with Gasteiger partial charge in [-0.2, -0.15) is 0 Å². The van der Waals surface area contributed by atoms with Gasteiger partial charge in [0.05, 0.1) is 23.0 Å². The Morgan fingerprint density at radius 1 is 1.64 bits per heavy atom. The van der Waals surface area contributed by atoms with Crippen LogP contribution in [0.3, 0.4) is 0 Å². The van der Waals surface area contributed by atoms with Crippen LogP contribution in [0.4, 0.5) is 0 Å². The van der Waals surface area contributed by atoms with E-state index >= 15 is 0 Å². The molecule has 0 amide bonds. The van der Waals surface area contributed by atoms with E-state index in [4.69, 9.17) is 11.6 Å². The number of halogens is 2. The molecule has 0 unspecified atom stereocenters. The molecular weight excluding hydrogens is 271 g/mol. The number of carbonyl (C=O) groups excluding carboxylic acids is 1. The highest BCUT2D eigenvalue weighted by Crippen LogP contribution is 2.34. The molecule has 0 aromatic heterocycles. The molecule has 0 saturated carbocycles. The average molecular weight is 280 g/mol. The van der Waals surface area contributed by atoms with Gasteiger partial charge in [-0.3, -0.25) is 4.79 Å². The molecule has 0 aliphatic rings. The molecule has 5 heteroatoms. The van der Waals surface area contributed by atoms with Crippen LogP contribution < -0.4 is 0 Å². The van der Waals surface area contributed by atoms with Crippen LogP contribution in [-0.2, 0) is 16.0 Å². The maximum atomic E-state index is 11.0. The molecule has 0 fully saturated rings. The summed E-state index contributed by atoms with van der Waals surface area (Å²) in [6, 6.07) is 3.28. The second-order valence-electron chi connectivity index (χ2n) is 2.62. The molecule has 3 nitrogen and oxygen atoms in total. The predicted octanol–water partition coefficient (Wildman–Crippen LogP) is 2.52. The van der Waals surface area contributed by atoms with Crippen LogP contribution in [0.2, 0.25) is 5.02 Å². The molecule has 0 atom stereocenters. The zero-order valence-corrected chi connectivity index (χ0v) is 9.72. The van der Waals surface area contributed by atoms with Crippen LogP contribution in [0.1, 0.15) is 5.56 Å². The molecule has 76 valence electrons. The highest BCUT2D eigenvalue weighted by Gasteiger charge is 2.12. The van der Waals surface area contributed by atoms with Crippen LogP contribution in [0.15, 0.2) is 16.6 Å². The van der Waals surface area contributed by atoms with Crippen LogP contribution in [0.5, 0.6) is 5.75 Å². The van der Waals surface area contributed by atoms with Gasteiger partial charge in [-0.15, -0.1) is 0 Å². The number of benzene rings is 1. The SMILES string of the molecule is COC(=O)Cc1ccc(Br)c(O)c1Cl. The van der Waals surface area contributed by atoms with Crippen molar-refractivity contribution >= 4 is 33.5 Å². The summed E-state index contributed by atoms with van der Waals surface area (Å²) in [5, 5.41) is 9.61. The highest BCUT2D eigenvalue weighted by molar-refractivity contribution is 9.10. The van der Waals surface area contributed by atoms with Gasteiger partial charge in [0.1, 0.15) is 5.75 Å². The van der Waals surface area contributed by atoms with Gasteiger partial charge in [0.25, 0.3) is 0 Å². The van der Waals surface area contributed by atoms with Crippen LogP contribution in [0.25, 0.3) is 0 Å². The van der Waals surface area contributed by atoms with E-state index in [2.05, 4.69) is 20.7 Å². The molecule has 0 radical (unpaired) electrons. The second kappa shape index (κ2) is 4.66. The van der Waals surface area contributed by atoms with Crippen LogP contribution >= 0.6 is 27.5 Å². The number of ether oxygens (including phenoxy) is 1. The quantitative estimate of drug-likeness (QED) is 0.846. The summed E-state index contributed by atoms with van der Waals surface area (Å²) >= 11 is 8.92. The van der Waals surface area contributed by atoms with Gasteiger partial charge >= 0.3 is 5.97 Å². The van der Waals surface area contributed by atoms with Crippen molar-refractivity contribution in [3.8, 4) is 5.75 Å². The topological polar surface area (TPSA) is 46.5 Å². The molecule has 1 N–H and O–H groups in total. The summed E-state index contributed by atoms with van der Waals surface area (Å²) in [6.45, 7) is 0. The van der Waals surface area contributed by atoms with E-state index < -0.39 is 5.97 Å². The first-order valence-electron chi connectivity index (χ1n) is 3.79. The van der Waals surface area contributed by atoms with Gasteiger partial charge in [-0.1, -0.05) is 17.7 Å². The van der Waals surface area contributed by atoms with E-state index in [0.717, 1.165) is 0 Å². The summed E-state index contributed by atoms with van der Waals surface area (Å²) in [4.78, 5) is 11.0. The first kappa shape index (κ1) is 11.3. The number of phenolic OH excluding ortho intramolecular Hbond substituents is 1. The molecule has 14 heavy (non-hydrogen) atoms. The predicted molar refractivity (Wildman–Crippen MR) is 56.5 cm³/mol.